The highest BCUT2D eigenvalue weighted by atomic mass is 32.5. The zero-order valence-electron chi connectivity index (χ0n) is 16.3. The summed E-state index contributed by atoms with van der Waals surface area (Å²) in [6.45, 7) is -4.45. The third kappa shape index (κ3) is 4.86. The van der Waals surface area contributed by atoms with E-state index in [4.69, 9.17) is 19.7 Å². The van der Waals surface area contributed by atoms with Crippen molar-refractivity contribution in [3.63, 3.8) is 0 Å². The number of carbonyl (C=O) groups excluding carboxylic acids is 1. The van der Waals surface area contributed by atoms with Crippen LogP contribution in [0.3, 0.4) is 0 Å². The fourth-order valence-electron chi connectivity index (χ4n) is 3.23. The molecule has 1 aromatic carbocycles. The predicted molar refractivity (Wildman–Crippen MR) is 115 cm³/mol. The number of benzene rings is 1. The first-order chi connectivity index (χ1) is 15.2. The van der Waals surface area contributed by atoms with Gasteiger partial charge in [-0.25, -0.2) is 19.7 Å². The minimum Gasteiger partial charge on any atom is -0.438 e. The highest BCUT2D eigenvalue weighted by Gasteiger charge is 2.48. The van der Waals surface area contributed by atoms with Gasteiger partial charge in [-0.2, -0.15) is 0 Å². The van der Waals surface area contributed by atoms with E-state index in [9.17, 15) is 19.7 Å². The van der Waals surface area contributed by atoms with E-state index < -0.39 is 44.0 Å². The first-order valence-corrected chi connectivity index (χ1v) is 11.8. The first kappa shape index (κ1) is 22.5. The Kier molecular flexibility index (Phi) is 6.35. The number of hydrogen-bond acceptors (Lipinski definition) is 10. The van der Waals surface area contributed by atoms with Crippen LogP contribution in [0.1, 0.15) is 6.23 Å². The van der Waals surface area contributed by atoms with Crippen molar-refractivity contribution >= 4 is 47.3 Å². The Morgan fingerprint density at radius 3 is 2.75 bits per heavy atom. The smallest absolute Gasteiger partial charge is 0.412 e. The van der Waals surface area contributed by atoms with Crippen LogP contribution in [0, 0.1) is 0 Å². The van der Waals surface area contributed by atoms with E-state index in [-0.39, 0.29) is 11.5 Å². The van der Waals surface area contributed by atoms with Crippen molar-refractivity contribution < 1.29 is 33.7 Å². The molecule has 170 valence electrons. The lowest BCUT2D eigenvalue weighted by atomic mass is 10.1. The molecule has 0 radical (unpaired) electrons. The fourth-order valence-corrected chi connectivity index (χ4v) is 3.75. The molecule has 3 heterocycles. The Morgan fingerprint density at radius 2 is 2.03 bits per heavy atom. The number of anilines is 2. The molecule has 4 atom stereocenters. The van der Waals surface area contributed by atoms with Gasteiger partial charge in [0.2, 0.25) is 0 Å². The third-order valence-corrected chi connectivity index (χ3v) is 5.45. The predicted octanol–water partition coefficient (Wildman–Crippen LogP) is 0.510. The van der Waals surface area contributed by atoms with Crippen LogP contribution in [-0.4, -0.2) is 65.4 Å². The number of nitrogens with zero attached hydrogens (tertiary/aromatic N) is 4. The zero-order valence-corrected chi connectivity index (χ0v) is 18.0. The maximum absolute atomic E-state index is 12.5. The van der Waals surface area contributed by atoms with Crippen molar-refractivity contribution in [2.45, 2.75) is 24.5 Å². The van der Waals surface area contributed by atoms with Gasteiger partial charge in [0.25, 0.3) is 0 Å². The van der Waals surface area contributed by atoms with Gasteiger partial charge >= 0.3 is 12.8 Å². The number of imidazole rings is 1. The summed E-state index contributed by atoms with van der Waals surface area (Å²) in [5.74, 6) is 0.132. The van der Waals surface area contributed by atoms with Crippen LogP contribution in [0.15, 0.2) is 43.0 Å². The summed E-state index contributed by atoms with van der Waals surface area (Å²) in [5.41, 5.74) is 6.88. The Labute approximate surface area is 186 Å². The highest BCUT2D eigenvalue weighted by molar-refractivity contribution is 8.06. The molecule has 1 aliphatic heterocycles. The van der Waals surface area contributed by atoms with Crippen molar-refractivity contribution in [1.29, 1.82) is 0 Å². The second-order valence-electron chi connectivity index (χ2n) is 6.79. The summed E-state index contributed by atoms with van der Waals surface area (Å²) >= 11 is 4.44. The number of nitrogen functional groups attached to an aromatic ring is 1. The molecule has 1 aliphatic rings. The van der Waals surface area contributed by atoms with Crippen LogP contribution >= 0.6 is 6.72 Å². The molecule has 1 fully saturated rings. The lowest BCUT2D eigenvalue weighted by Gasteiger charge is -2.22. The molecule has 0 saturated carbocycles. The van der Waals surface area contributed by atoms with E-state index in [1.807, 2.05) is 0 Å². The standard InChI is InChI=1S/C17H19N6O7PS/c18-14-11-15(20-7-19-14)23(8-21-11)16-13(12(24)10(29-16)6-28-31(26,27)32)30-17(25)22-9-4-2-1-3-5-9/h1-5,7-8,10,12-13,16,24H,6H2,(H,22,25)(H2,18,19,20)(H2,26,27,32)/t10-,12-,13-,16-/m1/s1. The van der Waals surface area contributed by atoms with E-state index >= 15 is 0 Å². The van der Waals surface area contributed by atoms with Crippen LogP contribution in [0.4, 0.5) is 16.3 Å². The molecule has 0 unspecified atom stereocenters. The molecule has 0 bridgehead atoms. The largest absolute Gasteiger partial charge is 0.438 e. The number of nitrogens with one attached hydrogen (secondary N) is 1. The molecule has 0 aliphatic carbocycles. The number of hydrogen-bond donors (Lipinski definition) is 5. The summed E-state index contributed by atoms with van der Waals surface area (Å²) in [4.78, 5) is 43.3. The number of nitrogens with two attached hydrogens (primary N) is 1. The molecule has 15 heteroatoms. The molecule has 6 N–H and O–H groups in total. The van der Waals surface area contributed by atoms with Crippen molar-refractivity contribution in [3.05, 3.63) is 43.0 Å². The van der Waals surface area contributed by atoms with Crippen LogP contribution < -0.4 is 11.1 Å². The van der Waals surface area contributed by atoms with Gasteiger partial charge in [-0.1, -0.05) is 18.2 Å². The summed E-state index contributed by atoms with van der Waals surface area (Å²) in [7, 11) is 0. The molecule has 2 aromatic heterocycles. The summed E-state index contributed by atoms with van der Waals surface area (Å²) < 4.78 is 17.5. The maximum atomic E-state index is 12.5. The minimum atomic E-state index is -4.00. The molecule has 13 nitrogen and oxygen atoms in total. The van der Waals surface area contributed by atoms with Crippen molar-refractivity contribution in [1.82, 2.24) is 19.5 Å². The van der Waals surface area contributed by atoms with Gasteiger partial charge in [0.15, 0.2) is 23.8 Å². The minimum absolute atomic E-state index is 0.132. The van der Waals surface area contributed by atoms with Gasteiger partial charge in [0.1, 0.15) is 24.1 Å². The summed E-state index contributed by atoms with van der Waals surface area (Å²) in [6, 6.07) is 8.57. The zero-order chi connectivity index (χ0) is 22.9. The SMILES string of the molecule is Nc1ncnc2c1ncn2[C@@H]1O[C@H](COP(O)(O)=S)[C@@H](O)[C@H]1OC(=O)Nc1ccccc1. The number of fused-ring (bicyclic) bond motifs is 1. The van der Waals surface area contributed by atoms with E-state index in [1.165, 1.54) is 17.2 Å². The Balaban J connectivity index is 1.61. The summed E-state index contributed by atoms with van der Waals surface area (Å²) in [6.07, 6.45) is -3.10. The first-order valence-electron chi connectivity index (χ1n) is 9.22. The third-order valence-electron chi connectivity index (χ3n) is 4.64. The normalized spacial score (nSPS) is 23.3. The average molecular weight is 482 g/mol. The monoisotopic (exact) mass is 482 g/mol. The quantitative estimate of drug-likeness (QED) is 0.307. The number of carbonyl (C=O) groups is 1. The van der Waals surface area contributed by atoms with Gasteiger partial charge in [-0.15, -0.1) is 0 Å². The topological polar surface area (TPSA) is 187 Å². The number of rotatable bonds is 6. The van der Waals surface area contributed by atoms with Crippen molar-refractivity contribution in [3.8, 4) is 0 Å². The molecule has 4 rings (SSSR count). The Morgan fingerprint density at radius 1 is 1.28 bits per heavy atom. The lowest BCUT2D eigenvalue weighted by Crippen LogP contribution is -2.38. The fraction of sp³-hybridized carbons (Fsp3) is 0.294. The molecule has 0 spiro atoms. The number of aliphatic hydroxyl groups excluding tert-OH is 1. The van der Waals surface area contributed by atoms with Crippen LogP contribution in [0.5, 0.6) is 0 Å². The molecular formula is C17H19N6O7PS. The van der Waals surface area contributed by atoms with Gasteiger partial charge < -0.3 is 34.6 Å². The van der Waals surface area contributed by atoms with Gasteiger partial charge in [0.05, 0.1) is 12.9 Å². The molecular weight excluding hydrogens is 463 g/mol. The van der Waals surface area contributed by atoms with Crippen molar-refractivity contribution in [2.75, 3.05) is 17.7 Å². The molecule has 32 heavy (non-hydrogen) atoms. The Hall–Kier alpha value is -2.71. The number of ether oxygens (including phenoxy) is 2. The maximum Gasteiger partial charge on any atom is 0.412 e. The van der Waals surface area contributed by atoms with E-state index in [0.717, 1.165) is 0 Å². The van der Waals surface area contributed by atoms with E-state index in [1.54, 1.807) is 30.3 Å². The van der Waals surface area contributed by atoms with Gasteiger partial charge in [-0.3, -0.25) is 9.88 Å². The average Bonchev–Trinajstić information content (AvgIpc) is 3.29. The van der Waals surface area contributed by atoms with Crippen LogP contribution in [0.2, 0.25) is 0 Å². The highest BCUT2D eigenvalue weighted by Crippen LogP contribution is 2.40. The summed E-state index contributed by atoms with van der Waals surface area (Å²) in [5, 5.41) is 13.3. The Bertz CT molecular complexity index is 1160. The van der Waals surface area contributed by atoms with Gasteiger partial charge in [-0.05, 0) is 23.9 Å². The second-order valence-corrected chi connectivity index (χ2v) is 9.45. The van der Waals surface area contributed by atoms with E-state index in [0.29, 0.717) is 11.2 Å². The number of aliphatic hydroxyl groups is 1. The number of amides is 1. The number of aromatic nitrogens is 4. The van der Waals surface area contributed by atoms with Crippen LogP contribution in [-0.2, 0) is 25.8 Å². The number of para-hydroxylation sites is 1. The molecule has 1 saturated heterocycles. The molecule has 1 amide bonds. The van der Waals surface area contributed by atoms with Crippen LogP contribution in [0.25, 0.3) is 11.2 Å². The lowest BCUT2D eigenvalue weighted by molar-refractivity contribution is -0.0497. The molecule has 3 aromatic rings. The van der Waals surface area contributed by atoms with E-state index in [2.05, 4.69) is 32.1 Å². The van der Waals surface area contributed by atoms with Crippen molar-refractivity contribution in [2.24, 2.45) is 0 Å². The van der Waals surface area contributed by atoms with Gasteiger partial charge in [0, 0.05) is 5.69 Å². The second kappa shape index (κ2) is 9.03.